The second kappa shape index (κ2) is 9.99. The summed E-state index contributed by atoms with van der Waals surface area (Å²) in [6.07, 6.45) is 3.37. The third-order valence-corrected chi connectivity index (χ3v) is 8.94. The second-order valence-electron chi connectivity index (χ2n) is 9.79. The van der Waals surface area contributed by atoms with E-state index in [9.17, 15) is 14.9 Å². The maximum Gasteiger partial charge on any atom is 0.271 e. The lowest BCUT2D eigenvalue weighted by Gasteiger charge is -2.30. The van der Waals surface area contributed by atoms with Crippen molar-refractivity contribution < 1.29 is 9.34 Å². The van der Waals surface area contributed by atoms with Crippen LogP contribution in [0.15, 0.2) is 98.6 Å². The van der Waals surface area contributed by atoms with Crippen LogP contribution in [-0.4, -0.2) is 9.49 Å². The number of allylic oxidation sites excluding steroid dienone is 1. The van der Waals surface area contributed by atoms with Crippen LogP contribution in [0.25, 0.3) is 23.1 Å². The molecule has 10 heteroatoms. The fraction of sp³-hybridized carbons (Fsp3) is 0.0968. The largest absolute Gasteiger partial charge is 0.457 e. The zero-order chi connectivity index (χ0) is 28.2. The fourth-order valence-corrected chi connectivity index (χ4v) is 6.86. The van der Waals surface area contributed by atoms with E-state index in [0.717, 1.165) is 35.2 Å². The smallest absolute Gasteiger partial charge is 0.271 e. The van der Waals surface area contributed by atoms with E-state index in [-0.39, 0.29) is 22.3 Å². The van der Waals surface area contributed by atoms with E-state index in [0.29, 0.717) is 31.4 Å². The van der Waals surface area contributed by atoms with Crippen LogP contribution in [0.4, 0.5) is 5.69 Å². The number of nitro benzene ring substituents is 1. The standard InChI is InChI=1S/C31H19Cl2N3O4S/c32-19-8-5-18(6-9-19)29-24-12-7-17-3-1-2-4-22(17)28(24)34-31-35(29)30(37)27(41-31)16-21-11-14-26(40-21)23-13-10-20(36(38)39)15-25(23)33/h1-6,8-11,13-16,29H,7,12H2/b27-16+/t29-/m1/s1. The van der Waals surface area contributed by atoms with E-state index in [1.165, 1.54) is 29.0 Å². The molecule has 7 nitrogen and oxygen atoms in total. The predicted molar refractivity (Wildman–Crippen MR) is 160 cm³/mol. The highest BCUT2D eigenvalue weighted by atomic mass is 35.5. The first-order chi connectivity index (χ1) is 19.9. The lowest BCUT2D eigenvalue weighted by molar-refractivity contribution is -0.384. The van der Waals surface area contributed by atoms with Crippen molar-refractivity contribution in [2.24, 2.45) is 4.99 Å². The van der Waals surface area contributed by atoms with Crippen molar-refractivity contribution in [2.45, 2.75) is 18.9 Å². The van der Waals surface area contributed by atoms with Gasteiger partial charge >= 0.3 is 0 Å². The average molecular weight is 600 g/mol. The van der Waals surface area contributed by atoms with Gasteiger partial charge in [0.15, 0.2) is 4.80 Å². The Balaban J connectivity index is 1.36. The van der Waals surface area contributed by atoms with Crippen molar-refractivity contribution in [1.82, 2.24) is 4.57 Å². The molecule has 0 radical (unpaired) electrons. The molecule has 41 heavy (non-hydrogen) atoms. The van der Waals surface area contributed by atoms with Gasteiger partial charge in [-0.3, -0.25) is 19.5 Å². The van der Waals surface area contributed by atoms with Crippen LogP contribution in [0, 0.1) is 10.1 Å². The molecule has 3 heterocycles. The number of non-ortho nitro benzene ring substituents is 1. The highest BCUT2D eigenvalue weighted by molar-refractivity contribution is 7.07. The Kier molecular flexibility index (Phi) is 6.27. The molecular weight excluding hydrogens is 581 g/mol. The zero-order valence-electron chi connectivity index (χ0n) is 21.2. The molecule has 0 spiro atoms. The lowest BCUT2D eigenvalue weighted by Crippen LogP contribution is -2.38. The third-order valence-electron chi connectivity index (χ3n) is 7.39. The van der Waals surface area contributed by atoms with Gasteiger partial charge in [0.05, 0.1) is 26.2 Å². The first kappa shape index (κ1) is 25.7. The molecule has 0 fully saturated rings. The normalized spacial score (nSPS) is 16.1. The van der Waals surface area contributed by atoms with Gasteiger partial charge in [0.1, 0.15) is 11.5 Å². The monoisotopic (exact) mass is 599 g/mol. The number of nitro groups is 1. The Morgan fingerprint density at radius 2 is 1.80 bits per heavy atom. The topological polar surface area (TPSA) is 90.6 Å². The minimum absolute atomic E-state index is 0.104. The Morgan fingerprint density at radius 1 is 1.00 bits per heavy atom. The van der Waals surface area contributed by atoms with Gasteiger partial charge in [-0.25, -0.2) is 4.99 Å². The van der Waals surface area contributed by atoms with Crippen LogP contribution >= 0.6 is 34.5 Å². The molecule has 3 aromatic carbocycles. The lowest BCUT2D eigenvalue weighted by atomic mass is 9.83. The van der Waals surface area contributed by atoms with E-state index in [4.69, 9.17) is 32.6 Å². The number of rotatable bonds is 4. The second-order valence-corrected chi connectivity index (χ2v) is 11.6. The molecule has 1 aliphatic heterocycles. The summed E-state index contributed by atoms with van der Waals surface area (Å²) in [5.41, 5.74) is 5.60. The Labute approximate surface area is 247 Å². The maximum absolute atomic E-state index is 13.9. The van der Waals surface area contributed by atoms with Crippen LogP contribution in [0.1, 0.15) is 34.9 Å². The fourth-order valence-electron chi connectivity index (χ4n) is 5.49. The highest BCUT2D eigenvalue weighted by Gasteiger charge is 2.32. The van der Waals surface area contributed by atoms with E-state index >= 15 is 0 Å². The van der Waals surface area contributed by atoms with Gasteiger partial charge in [0.25, 0.3) is 11.2 Å². The maximum atomic E-state index is 13.9. The molecule has 2 aliphatic rings. The predicted octanol–water partition coefficient (Wildman–Crippen LogP) is 6.79. The Hall–Kier alpha value is -4.24. The van der Waals surface area contributed by atoms with Crippen LogP contribution in [0.3, 0.4) is 0 Å². The molecule has 0 amide bonds. The summed E-state index contributed by atoms with van der Waals surface area (Å²) < 4.78 is 8.25. The number of halogens is 2. The minimum Gasteiger partial charge on any atom is -0.457 e. The van der Waals surface area contributed by atoms with Crippen molar-refractivity contribution in [3.63, 3.8) is 0 Å². The van der Waals surface area contributed by atoms with Crippen molar-refractivity contribution in [1.29, 1.82) is 0 Å². The van der Waals surface area contributed by atoms with Crippen molar-refractivity contribution >= 4 is 52.0 Å². The summed E-state index contributed by atoms with van der Waals surface area (Å²) in [4.78, 5) is 30.1. The SMILES string of the molecule is O=c1/c(=C\c2ccc(-c3ccc([N+](=O)[O-])cc3Cl)o2)sc2n1[C@H](c1ccc(Cl)cc1)C1=C(N=2)c2ccccc2CC1. The first-order valence-electron chi connectivity index (χ1n) is 12.8. The molecule has 1 atom stereocenters. The molecule has 0 unspecified atom stereocenters. The quantitative estimate of drug-likeness (QED) is 0.168. The molecule has 2 aromatic heterocycles. The summed E-state index contributed by atoms with van der Waals surface area (Å²) in [5.74, 6) is 0.895. The number of aromatic nitrogens is 1. The van der Waals surface area contributed by atoms with Crippen LogP contribution in [-0.2, 0) is 6.42 Å². The van der Waals surface area contributed by atoms with Crippen LogP contribution in [0.2, 0.25) is 10.0 Å². The molecule has 0 saturated heterocycles. The summed E-state index contributed by atoms with van der Waals surface area (Å²) in [6, 6.07) is 23.3. The molecule has 0 saturated carbocycles. The van der Waals surface area contributed by atoms with Crippen LogP contribution in [0.5, 0.6) is 0 Å². The van der Waals surface area contributed by atoms with E-state index in [1.807, 2.05) is 36.4 Å². The highest BCUT2D eigenvalue weighted by Crippen LogP contribution is 2.41. The minimum atomic E-state index is -0.503. The van der Waals surface area contributed by atoms with Gasteiger partial charge in [-0.1, -0.05) is 70.9 Å². The number of hydrogen-bond acceptors (Lipinski definition) is 6. The summed E-state index contributed by atoms with van der Waals surface area (Å²) in [5, 5.41) is 11.9. The number of fused-ring (bicyclic) bond motifs is 3. The average Bonchev–Trinajstić information content (AvgIpc) is 3.56. The van der Waals surface area contributed by atoms with Gasteiger partial charge in [-0.2, -0.15) is 0 Å². The molecule has 5 aromatic rings. The Morgan fingerprint density at radius 3 is 2.59 bits per heavy atom. The molecule has 7 rings (SSSR count). The van der Waals surface area contributed by atoms with E-state index in [2.05, 4.69) is 12.1 Å². The number of furan rings is 1. The van der Waals surface area contributed by atoms with E-state index in [1.54, 1.807) is 28.8 Å². The van der Waals surface area contributed by atoms with Crippen molar-refractivity contribution in [3.8, 4) is 11.3 Å². The summed E-state index contributed by atoms with van der Waals surface area (Å²) in [7, 11) is 0. The summed E-state index contributed by atoms with van der Waals surface area (Å²) in [6.45, 7) is 0. The molecule has 202 valence electrons. The van der Waals surface area contributed by atoms with Crippen molar-refractivity contribution in [3.05, 3.63) is 147 Å². The van der Waals surface area contributed by atoms with Gasteiger partial charge in [-0.15, -0.1) is 0 Å². The molecule has 1 aliphatic carbocycles. The number of benzene rings is 3. The molecular formula is C31H19Cl2N3O4S. The number of aryl methyl sites for hydroxylation is 1. The number of thiazole rings is 1. The van der Waals surface area contributed by atoms with Gasteiger partial charge in [-0.05, 0) is 59.9 Å². The number of hydrogen-bond donors (Lipinski definition) is 0. The first-order valence-corrected chi connectivity index (χ1v) is 14.4. The van der Waals surface area contributed by atoms with Crippen LogP contribution < -0.4 is 14.9 Å². The van der Waals surface area contributed by atoms with Gasteiger partial charge < -0.3 is 4.42 Å². The molecule has 0 N–H and O–H groups in total. The third kappa shape index (κ3) is 4.44. The Bertz CT molecular complexity index is 2090. The van der Waals surface area contributed by atoms with Crippen molar-refractivity contribution in [2.75, 3.05) is 0 Å². The van der Waals surface area contributed by atoms with E-state index < -0.39 is 4.92 Å². The summed E-state index contributed by atoms with van der Waals surface area (Å²) >= 11 is 13.8. The van der Waals surface area contributed by atoms with Gasteiger partial charge in [0.2, 0.25) is 0 Å². The molecule has 0 bridgehead atoms. The number of nitrogens with zero attached hydrogens (tertiary/aromatic N) is 3. The van der Waals surface area contributed by atoms with Gasteiger partial charge in [0, 0.05) is 34.4 Å². The zero-order valence-corrected chi connectivity index (χ0v) is 23.5.